The molecule has 3 aromatic carbocycles. The highest BCUT2D eigenvalue weighted by molar-refractivity contribution is 6.44. The maximum absolute atomic E-state index is 13.0. The van der Waals surface area contributed by atoms with Gasteiger partial charge in [0.1, 0.15) is 11.5 Å². The highest BCUT2D eigenvalue weighted by Crippen LogP contribution is 2.43. The third-order valence-corrected chi connectivity index (χ3v) is 6.31. The smallest absolute Gasteiger partial charge is 0.227 e. The van der Waals surface area contributed by atoms with E-state index in [1.54, 1.807) is 29.3 Å². The van der Waals surface area contributed by atoms with Crippen LogP contribution in [-0.4, -0.2) is 31.2 Å². The molecule has 1 atom stereocenters. The van der Waals surface area contributed by atoms with Gasteiger partial charge in [0, 0.05) is 35.2 Å². The predicted octanol–water partition coefficient (Wildman–Crippen LogP) is 6.27. The summed E-state index contributed by atoms with van der Waals surface area (Å²) in [5.74, 6) is 0.856. The first-order valence-electron chi connectivity index (χ1n) is 12.4. The molecule has 0 unspecified atom stereocenters. The zero-order chi connectivity index (χ0) is 27.4. The number of nitrogens with zero attached hydrogens (tertiary/aromatic N) is 3. The average molecular weight is 535 g/mol. The molecule has 9 heteroatoms. The molecule has 1 N–H and O–H groups in total. The van der Waals surface area contributed by atoms with Crippen LogP contribution in [0.25, 0.3) is 0 Å². The molecule has 1 amide bonds. The predicted molar refractivity (Wildman–Crippen MR) is 151 cm³/mol. The van der Waals surface area contributed by atoms with Gasteiger partial charge in [-0.25, -0.2) is 5.01 Å². The molecule has 1 aliphatic rings. The van der Waals surface area contributed by atoms with Gasteiger partial charge in [-0.15, -0.1) is 5.10 Å². The zero-order valence-corrected chi connectivity index (χ0v) is 22.8. The largest absolute Gasteiger partial charge is 0.494 e. The Bertz CT molecular complexity index is 1360. The Kier molecular flexibility index (Phi) is 8.22. The monoisotopic (exact) mass is 534 g/mol. The van der Waals surface area contributed by atoms with E-state index in [-0.39, 0.29) is 23.4 Å². The van der Waals surface area contributed by atoms with Gasteiger partial charge < -0.3 is 14.8 Å². The lowest BCUT2D eigenvalue weighted by molar-refractivity contribution is -0.119. The summed E-state index contributed by atoms with van der Waals surface area (Å²) in [6, 6.07) is 20.3. The Labute approximate surface area is 227 Å². The molecule has 1 aliphatic heterocycles. The number of carbonyl (C=O) groups is 2. The van der Waals surface area contributed by atoms with Crippen LogP contribution < -0.4 is 24.7 Å². The Morgan fingerprint density at radius 2 is 1.71 bits per heavy atom. The van der Waals surface area contributed by atoms with Crippen molar-refractivity contribution in [2.45, 2.75) is 33.9 Å². The molecular formula is C29H31ClN4O4. The first kappa shape index (κ1) is 27.0. The lowest BCUT2D eigenvalue weighted by Gasteiger charge is -2.33. The molecule has 0 saturated carbocycles. The molecule has 0 saturated heterocycles. The summed E-state index contributed by atoms with van der Waals surface area (Å²) in [5.41, 5.74) is 2.77. The summed E-state index contributed by atoms with van der Waals surface area (Å²) in [5, 5.41) is 10.0. The number of ketones is 1. The second-order valence-electron chi connectivity index (χ2n) is 9.04. The molecule has 198 valence electrons. The van der Waals surface area contributed by atoms with E-state index in [1.807, 2.05) is 68.1 Å². The maximum atomic E-state index is 13.0. The minimum atomic E-state index is -0.557. The number of carbonyl (C=O) groups excluding carboxylic acids is 2. The number of amidine groups is 1. The number of anilines is 3. The number of nitrogens with one attached hydrogen (secondary N) is 1. The van der Waals surface area contributed by atoms with Crippen LogP contribution in [-0.2, 0) is 9.59 Å². The van der Waals surface area contributed by atoms with E-state index in [0.29, 0.717) is 34.5 Å². The zero-order valence-electron chi connectivity index (χ0n) is 22.1. The van der Waals surface area contributed by atoms with Crippen molar-refractivity contribution in [2.75, 3.05) is 28.9 Å². The van der Waals surface area contributed by atoms with Gasteiger partial charge in [0.25, 0.3) is 0 Å². The second kappa shape index (κ2) is 11.6. The van der Waals surface area contributed by atoms with E-state index in [9.17, 15) is 9.59 Å². The van der Waals surface area contributed by atoms with Crippen LogP contribution >= 0.6 is 11.6 Å². The molecule has 8 nitrogen and oxygen atoms in total. The Balaban J connectivity index is 1.89. The van der Waals surface area contributed by atoms with Crippen LogP contribution in [0.3, 0.4) is 0 Å². The standard InChI is InChI=1S/C29H31ClN4O4/c1-6-38-25-10-8-7-9-23(25)29-33(22-15-16-24(26(17-22)37-5)31-28(36)18(2)3)27(19(4)35)32-34(29)21-13-11-20(30)12-14-21/h7-18,29H,6H2,1-5H3,(H,31,36)/t29-/m0/s1. The number of Topliss-reactive ketones (excluding diaryl/α,β-unsaturated/α-hetero) is 1. The molecule has 3 aromatic rings. The van der Waals surface area contributed by atoms with Gasteiger partial charge in [-0.05, 0) is 49.4 Å². The average Bonchev–Trinajstić information content (AvgIpc) is 3.30. The van der Waals surface area contributed by atoms with Crippen molar-refractivity contribution in [3.63, 3.8) is 0 Å². The summed E-state index contributed by atoms with van der Waals surface area (Å²) in [7, 11) is 1.54. The van der Waals surface area contributed by atoms with Crippen LogP contribution in [0.1, 0.15) is 39.4 Å². The number of hydrogen-bond donors (Lipinski definition) is 1. The topological polar surface area (TPSA) is 83.5 Å². The fourth-order valence-corrected chi connectivity index (χ4v) is 4.31. The highest BCUT2D eigenvalue weighted by atomic mass is 35.5. The number of para-hydroxylation sites is 1. The van der Waals surface area contributed by atoms with Gasteiger partial charge in [-0.3, -0.25) is 14.5 Å². The minimum Gasteiger partial charge on any atom is -0.494 e. The van der Waals surface area contributed by atoms with Gasteiger partial charge in [0.2, 0.25) is 5.91 Å². The fraction of sp³-hybridized carbons (Fsp3) is 0.276. The molecule has 1 heterocycles. The Morgan fingerprint density at radius 3 is 2.34 bits per heavy atom. The van der Waals surface area contributed by atoms with Crippen molar-refractivity contribution >= 4 is 46.2 Å². The first-order chi connectivity index (χ1) is 18.2. The quantitative estimate of drug-likeness (QED) is 0.348. The SMILES string of the molecule is CCOc1ccccc1[C@@H]1N(c2ccc(Cl)cc2)N=C(C(C)=O)N1c1ccc(NC(=O)C(C)C)c(OC)c1. The van der Waals surface area contributed by atoms with Gasteiger partial charge in [0.05, 0.1) is 25.1 Å². The van der Waals surface area contributed by atoms with Crippen LogP contribution in [0, 0.1) is 5.92 Å². The number of amides is 1. The maximum Gasteiger partial charge on any atom is 0.227 e. The van der Waals surface area contributed by atoms with Gasteiger partial charge in [-0.1, -0.05) is 43.6 Å². The summed E-state index contributed by atoms with van der Waals surface area (Å²) < 4.78 is 11.6. The number of hydrogen-bond acceptors (Lipinski definition) is 7. The van der Waals surface area contributed by atoms with Gasteiger partial charge in [0.15, 0.2) is 17.8 Å². The molecule has 38 heavy (non-hydrogen) atoms. The van der Waals surface area contributed by atoms with E-state index in [2.05, 4.69) is 5.32 Å². The van der Waals surface area contributed by atoms with Crippen LogP contribution in [0.2, 0.25) is 5.02 Å². The molecule has 4 rings (SSSR count). The molecule has 0 radical (unpaired) electrons. The number of ether oxygens (including phenoxy) is 2. The van der Waals surface area contributed by atoms with E-state index >= 15 is 0 Å². The number of hydrazone groups is 1. The lowest BCUT2D eigenvalue weighted by atomic mass is 10.1. The highest BCUT2D eigenvalue weighted by Gasteiger charge is 2.41. The number of rotatable bonds is 9. The normalized spacial score (nSPS) is 14.9. The van der Waals surface area contributed by atoms with Crippen molar-refractivity contribution in [1.82, 2.24) is 0 Å². The van der Waals surface area contributed by atoms with Crippen LogP contribution in [0.15, 0.2) is 71.8 Å². The van der Waals surface area contributed by atoms with Crippen molar-refractivity contribution in [3.05, 3.63) is 77.3 Å². The summed E-state index contributed by atoms with van der Waals surface area (Å²) in [6.45, 7) is 7.52. The third kappa shape index (κ3) is 5.45. The fourth-order valence-electron chi connectivity index (χ4n) is 4.19. The molecule has 0 aliphatic carbocycles. The molecule has 0 fully saturated rings. The van der Waals surface area contributed by atoms with Crippen molar-refractivity contribution in [2.24, 2.45) is 11.0 Å². The number of benzene rings is 3. The second-order valence-corrected chi connectivity index (χ2v) is 9.48. The van der Waals surface area contributed by atoms with Gasteiger partial charge >= 0.3 is 0 Å². The Morgan fingerprint density at radius 1 is 1.03 bits per heavy atom. The molecule has 0 aromatic heterocycles. The summed E-state index contributed by atoms with van der Waals surface area (Å²) >= 11 is 6.16. The molecule has 0 bridgehead atoms. The summed E-state index contributed by atoms with van der Waals surface area (Å²) in [6.07, 6.45) is -0.557. The molecular weight excluding hydrogens is 504 g/mol. The lowest BCUT2D eigenvalue weighted by Crippen LogP contribution is -2.38. The number of methoxy groups -OCH3 is 1. The van der Waals surface area contributed by atoms with Crippen molar-refractivity contribution < 1.29 is 19.1 Å². The molecule has 0 spiro atoms. The van der Waals surface area contributed by atoms with Crippen molar-refractivity contribution in [1.29, 1.82) is 0 Å². The first-order valence-corrected chi connectivity index (χ1v) is 12.8. The van der Waals surface area contributed by atoms with E-state index in [1.165, 1.54) is 14.0 Å². The van der Waals surface area contributed by atoms with Crippen LogP contribution in [0.5, 0.6) is 11.5 Å². The van der Waals surface area contributed by atoms with E-state index in [0.717, 1.165) is 11.3 Å². The third-order valence-electron chi connectivity index (χ3n) is 6.06. The van der Waals surface area contributed by atoms with Crippen LogP contribution in [0.4, 0.5) is 17.1 Å². The number of halogens is 1. The van der Waals surface area contributed by atoms with Gasteiger partial charge in [-0.2, -0.15) is 0 Å². The van der Waals surface area contributed by atoms with Crippen molar-refractivity contribution in [3.8, 4) is 11.5 Å². The minimum absolute atomic E-state index is 0.124. The van der Waals surface area contributed by atoms with E-state index < -0.39 is 6.17 Å². The Hall–Kier alpha value is -4.04. The summed E-state index contributed by atoms with van der Waals surface area (Å²) in [4.78, 5) is 27.2. The van der Waals surface area contributed by atoms with E-state index in [4.69, 9.17) is 26.2 Å².